The minimum atomic E-state index is -0.374. The van der Waals surface area contributed by atoms with E-state index in [1.54, 1.807) is 35.9 Å². The predicted molar refractivity (Wildman–Crippen MR) is 121 cm³/mol. The van der Waals surface area contributed by atoms with E-state index in [2.05, 4.69) is 16.4 Å². The molecule has 0 saturated heterocycles. The highest BCUT2D eigenvalue weighted by Gasteiger charge is 2.39. The van der Waals surface area contributed by atoms with Gasteiger partial charge in [-0.1, -0.05) is 18.2 Å². The van der Waals surface area contributed by atoms with Gasteiger partial charge >= 0.3 is 0 Å². The van der Waals surface area contributed by atoms with E-state index in [9.17, 15) is 10.1 Å². The van der Waals surface area contributed by atoms with E-state index in [0.717, 1.165) is 33.6 Å². The monoisotopic (exact) mass is 427 g/mol. The fourth-order valence-corrected chi connectivity index (χ4v) is 5.79. The van der Waals surface area contributed by atoms with Gasteiger partial charge in [-0.3, -0.25) is 15.1 Å². The van der Waals surface area contributed by atoms with Crippen molar-refractivity contribution in [3.63, 3.8) is 0 Å². The fourth-order valence-electron chi connectivity index (χ4n) is 4.44. The molecule has 3 aromatic heterocycles. The fraction of sp³-hybridized carbons (Fsp3) is 0.174. The Balaban J connectivity index is 1.45. The average molecular weight is 427 g/mol. The number of hydrogen-bond donors (Lipinski definition) is 1. The van der Waals surface area contributed by atoms with Crippen LogP contribution in [-0.2, 0) is 6.54 Å². The van der Waals surface area contributed by atoms with E-state index in [4.69, 9.17) is 9.97 Å². The summed E-state index contributed by atoms with van der Waals surface area (Å²) in [7, 11) is 0. The zero-order valence-corrected chi connectivity index (χ0v) is 17.2. The number of nitro benzene ring substituents is 1. The lowest BCUT2D eigenvalue weighted by Gasteiger charge is -2.26. The van der Waals surface area contributed by atoms with Crippen LogP contribution in [0.5, 0.6) is 0 Å². The minimum absolute atomic E-state index is 0.0850. The number of aromatic nitrogens is 3. The zero-order chi connectivity index (χ0) is 20.9. The van der Waals surface area contributed by atoms with E-state index < -0.39 is 0 Å². The average Bonchev–Trinajstić information content (AvgIpc) is 3.35. The highest BCUT2D eigenvalue weighted by atomic mass is 32.1. The largest absolute Gasteiger partial charge is 0.365 e. The molecule has 4 aromatic rings. The Hall–Kier alpha value is -3.65. The molecule has 0 spiro atoms. The summed E-state index contributed by atoms with van der Waals surface area (Å²) in [6, 6.07) is 10.5. The molecule has 6 rings (SSSR count). The van der Waals surface area contributed by atoms with Crippen molar-refractivity contribution in [1.29, 1.82) is 0 Å². The number of non-ortho nitro benzene ring substituents is 1. The number of thiophene rings is 1. The van der Waals surface area contributed by atoms with Crippen LogP contribution in [-0.4, -0.2) is 19.9 Å². The smallest absolute Gasteiger partial charge is 0.269 e. The number of fused-ring (bicyclic) bond motifs is 6. The van der Waals surface area contributed by atoms with Crippen LogP contribution < -0.4 is 5.32 Å². The molecule has 0 saturated carbocycles. The summed E-state index contributed by atoms with van der Waals surface area (Å²) < 4.78 is 0. The summed E-state index contributed by atoms with van der Waals surface area (Å²) in [5.41, 5.74) is 4.47. The minimum Gasteiger partial charge on any atom is -0.365 e. The van der Waals surface area contributed by atoms with Crippen molar-refractivity contribution in [1.82, 2.24) is 15.0 Å². The number of hydrogen-bond acceptors (Lipinski definition) is 7. The van der Waals surface area contributed by atoms with E-state index in [1.165, 1.54) is 28.5 Å². The van der Waals surface area contributed by atoms with Gasteiger partial charge in [-0.05, 0) is 36.1 Å². The van der Waals surface area contributed by atoms with Gasteiger partial charge in [0.25, 0.3) is 5.69 Å². The first-order valence-corrected chi connectivity index (χ1v) is 10.9. The molecule has 1 unspecified atom stereocenters. The van der Waals surface area contributed by atoms with Gasteiger partial charge in [0.2, 0.25) is 0 Å². The third-order valence-corrected chi connectivity index (χ3v) is 7.08. The molecule has 8 heteroatoms. The van der Waals surface area contributed by atoms with Gasteiger partial charge in [-0.15, -0.1) is 11.3 Å². The Morgan fingerprint density at radius 2 is 2.16 bits per heavy atom. The molecule has 0 radical (unpaired) electrons. The Morgan fingerprint density at radius 1 is 1.23 bits per heavy atom. The lowest BCUT2D eigenvalue weighted by atomic mass is 9.80. The van der Waals surface area contributed by atoms with Crippen molar-refractivity contribution in [2.24, 2.45) is 0 Å². The van der Waals surface area contributed by atoms with Gasteiger partial charge < -0.3 is 5.32 Å². The highest BCUT2D eigenvalue weighted by molar-refractivity contribution is 7.19. The second-order valence-electron chi connectivity index (χ2n) is 7.73. The maximum atomic E-state index is 11.1. The molecular weight excluding hydrogens is 410 g/mol. The van der Waals surface area contributed by atoms with Crippen LogP contribution >= 0.6 is 11.3 Å². The van der Waals surface area contributed by atoms with Crippen molar-refractivity contribution in [2.75, 3.05) is 5.32 Å². The van der Waals surface area contributed by atoms with E-state index in [-0.39, 0.29) is 10.6 Å². The normalized spacial score (nSPS) is 16.4. The third kappa shape index (κ3) is 2.90. The number of benzene rings is 1. The number of nitrogens with zero attached hydrogens (tertiary/aromatic N) is 4. The Kier molecular flexibility index (Phi) is 4.07. The summed E-state index contributed by atoms with van der Waals surface area (Å²) in [5.74, 6) is 1.93. The summed E-state index contributed by atoms with van der Waals surface area (Å²) in [5, 5.41) is 15.6. The van der Waals surface area contributed by atoms with Gasteiger partial charge in [0.1, 0.15) is 10.6 Å². The number of allylic oxidation sites excluding steroid dienone is 2. The van der Waals surface area contributed by atoms with Crippen LogP contribution in [0.3, 0.4) is 0 Å². The van der Waals surface area contributed by atoms with E-state index >= 15 is 0 Å². The molecule has 0 aliphatic heterocycles. The molecule has 1 N–H and O–H groups in total. The standard InChI is InChI=1S/C23H17N5O2S/c29-28(30)15-6-1-4-13(10-15)11-25-22-19-18-16-7-2-8-17(16)20(18)31-23(19)27-21(26-22)14-5-3-9-24-12-14/h1,3-7,9-10,12,17H,2,8,11H2,(H,25,26,27). The third-order valence-electron chi connectivity index (χ3n) is 5.88. The Morgan fingerprint density at radius 3 is 3.00 bits per heavy atom. The first kappa shape index (κ1) is 18.1. The number of rotatable bonds is 5. The molecular formula is C23H17N5O2S. The van der Waals surface area contributed by atoms with Crippen molar-refractivity contribution in [3.8, 4) is 11.4 Å². The molecule has 1 atom stereocenters. The second-order valence-corrected chi connectivity index (χ2v) is 8.76. The highest BCUT2D eigenvalue weighted by Crippen LogP contribution is 2.59. The van der Waals surface area contributed by atoms with E-state index in [0.29, 0.717) is 18.3 Å². The lowest BCUT2D eigenvalue weighted by molar-refractivity contribution is -0.384. The zero-order valence-electron chi connectivity index (χ0n) is 16.4. The molecule has 2 aliphatic carbocycles. The SMILES string of the molecule is O=[N+]([O-])c1cccc(CNc2nc(-c3cccnc3)nc3sc4c(c23)C2=CCCC24)c1. The number of anilines is 1. The molecule has 7 nitrogen and oxygen atoms in total. The van der Waals surface area contributed by atoms with Crippen LogP contribution in [0.2, 0.25) is 0 Å². The maximum absolute atomic E-state index is 11.1. The van der Waals surface area contributed by atoms with Crippen molar-refractivity contribution >= 4 is 38.6 Å². The maximum Gasteiger partial charge on any atom is 0.269 e. The van der Waals surface area contributed by atoms with Crippen molar-refractivity contribution < 1.29 is 4.92 Å². The first-order chi connectivity index (χ1) is 15.2. The van der Waals surface area contributed by atoms with Gasteiger partial charge in [0.05, 0.1) is 10.3 Å². The summed E-state index contributed by atoms with van der Waals surface area (Å²) in [6.45, 7) is 0.438. The summed E-state index contributed by atoms with van der Waals surface area (Å²) in [6.07, 6.45) is 8.12. The molecule has 3 heterocycles. The van der Waals surface area contributed by atoms with E-state index in [1.807, 2.05) is 18.2 Å². The number of nitro groups is 1. The topological polar surface area (TPSA) is 93.8 Å². The van der Waals surface area contributed by atoms with Crippen LogP contribution in [0.4, 0.5) is 11.5 Å². The molecule has 0 amide bonds. The molecule has 2 aliphatic rings. The Labute approximate surface area is 181 Å². The molecule has 152 valence electrons. The summed E-state index contributed by atoms with van der Waals surface area (Å²) >= 11 is 1.75. The van der Waals surface area contributed by atoms with Gasteiger partial charge in [0, 0.05) is 53.0 Å². The van der Waals surface area contributed by atoms with Crippen molar-refractivity contribution in [2.45, 2.75) is 25.3 Å². The molecule has 31 heavy (non-hydrogen) atoms. The van der Waals surface area contributed by atoms with Crippen LogP contribution in [0.1, 0.15) is 34.8 Å². The second kappa shape index (κ2) is 6.95. The molecule has 0 fully saturated rings. The lowest BCUT2D eigenvalue weighted by Crippen LogP contribution is -2.10. The van der Waals surface area contributed by atoms with Crippen LogP contribution in [0.15, 0.2) is 54.9 Å². The van der Waals surface area contributed by atoms with Gasteiger partial charge in [-0.25, -0.2) is 9.97 Å². The van der Waals surface area contributed by atoms with Crippen molar-refractivity contribution in [3.05, 3.63) is 81.0 Å². The van der Waals surface area contributed by atoms with Gasteiger partial charge in [-0.2, -0.15) is 0 Å². The predicted octanol–water partition coefficient (Wildman–Crippen LogP) is 5.55. The number of pyridine rings is 1. The quantitative estimate of drug-likeness (QED) is 0.332. The molecule has 1 aromatic carbocycles. The molecule has 0 bridgehead atoms. The first-order valence-electron chi connectivity index (χ1n) is 10.1. The Bertz CT molecular complexity index is 1380. The van der Waals surface area contributed by atoms with Crippen LogP contribution in [0.25, 0.3) is 27.2 Å². The van der Waals surface area contributed by atoms with Crippen LogP contribution in [0, 0.1) is 10.1 Å². The van der Waals surface area contributed by atoms with Gasteiger partial charge in [0.15, 0.2) is 5.82 Å². The summed E-state index contributed by atoms with van der Waals surface area (Å²) in [4.78, 5) is 27.0. The number of nitrogens with one attached hydrogen (secondary N) is 1.